The number of phenolic OH excluding ortho intramolecular Hbond substituents is 1. The van der Waals surface area contributed by atoms with Crippen LogP contribution in [0.15, 0.2) is 29.9 Å². The van der Waals surface area contributed by atoms with Gasteiger partial charge >= 0.3 is 6.09 Å². The second-order valence-corrected chi connectivity index (χ2v) is 11.4. The Kier molecular flexibility index (Phi) is 6.66. The molecule has 6 atom stereocenters. The first-order valence-electron chi connectivity index (χ1n) is 12.4. The van der Waals surface area contributed by atoms with Gasteiger partial charge in [-0.2, -0.15) is 4.90 Å². The summed E-state index contributed by atoms with van der Waals surface area (Å²) in [5.41, 5.74) is 1.07. The molecular weight excluding hydrogens is 567 g/mol. The van der Waals surface area contributed by atoms with Crippen molar-refractivity contribution in [3.63, 3.8) is 0 Å². The van der Waals surface area contributed by atoms with E-state index in [4.69, 9.17) is 32.7 Å². The second-order valence-electron chi connectivity index (χ2n) is 10.2. The maximum absolute atomic E-state index is 13.5. The minimum absolute atomic E-state index is 0.111. The van der Waals surface area contributed by atoms with Crippen molar-refractivity contribution in [1.29, 1.82) is 0 Å². The number of imide groups is 4. The van der Waals surface area contributed by atoms with Crippen LogP contribution in [0.4, 0.5) is 4.79 Å². The van der Waals surface area contributed by atoms with Crippen LogP contribution in [0.25, 0.3) is 6.08 Å². The van der Waals surface area contributed by atoms with Gasteiger partial charge in [0.2, 0.25) is 17.6 Å². The number of carbonyl (C=O) groups excluding carboxylic acids is 5. The van der Waals surface area contributed by atoms with E-state index in [2.05, 4.69) is 4.74 Å². The van der Waals surface area contributed by atoms with Crippen molar-refractivity contribution in [1.82, 2.24) is 9.80 Å². The topological polar surface area (TPSA) is 140 Å². The van der Waals surface area contributed by atoms with Crippen LogP contribution in [0.2, 0.25) is 0 Å². The standard InChI is InChI=1S/C27H26Cl2N2O9/c1-30-23(35)26(28)11-15-13(6-7-14-19(15)22(34)31(21(14)33)25(37)40-4)16(27(26,29)24(30)36)8-5-12-9-17(38-2)20(32)18(10-12)39-3/h5-6,8-10,14-16,19,32H,7,11H2,1-4H3/t14-,15+,16-,19-,26+,27-/m0/s1. The number of hydrogen-bond acceptors (Lipinski definition) is 9. The largest absolute Gasteiger partial charge is 0.502 e. The number of rotatable bonds is 4. The van der Waals surface area contributed by atoms with Crippen LogP contribution in [0.1, 0.15) is 18.4 Å². The van der Waals surface area contributed by atoms with Crippen LogP contribution in [-0.4, -0.2) is 82.8 Å². The van der Waals surface area contributed by atoms with Crippen molar-refractivity contribution in [2.75, 3.05) is 28.4 Å². The predicted octanol–water partition coefficient (Wildman–Crippen LogP) is 2.71. The minimum Gasteiger partial charge on any atom is -0.502 e. The van der Waals surface area contributed by atoms with Crippen LogP contribution in [-0.2, 0) is 23.9 Å². The molecule has 3 fully saturated rings. The first kappa shape index (κ1) is 28.0. The number of phenols is 1. The Morgan fingerprint density at radius 3 is 2.23 bits per heavy atom. The number of benzene rings is 1. The number of ether oxygens (including phenoxy) is 3. The van der Waals surface area contributed by atoms with Gasteiger partial charge in [0, 0.05) is 13.0 Å². The number of methoxy groups -OCH3 is 3. The number of likely N-dealkylation sites (tertiary alicyclic amines) is 2. The molecule has 2 heterocycles. The normalized spacial score (nSPS) is 33.1. The van der Waals surface area contributed by atoms with E-state index in [1.54, 1.807) is 18.2 Å². The molecular formula is C27H26Cl2N2O9. The van der Waals surface area contributed by atoms with Crippen LogP contribution < -0.4 is 9.47 Å². The quantitative estimate of drug-likeness (QED) is 0.317. The molecule has 2 aliphatic carbocycles. The fourth-order valence-electron chi connectivity index (χ4n) is 6.48. The average Bonchev–Trinajstić information content (AvgIpc) is 3.27. The Morgan fingerprint density at radius 2 is 1.65 bits per heavy atom. The van der Waals surface area contributed by atoms with E-state index in [0.29, 0.717) is 16.0 Å². The van der Waals surface area contributed by atoms with Gasteiger partial charge in [0.1, 0.15) is 0 Å². The number of carbonyl (C=O) groups is 5. The summed E-state index contributed by atoms with van der Waals surface area (Å²) in [5.74, 6) is -6.39. The lowest BCUT2D eigenvalue weighted by molar-refractivity contribution is -0.139. The molecule has 0 radical (unpaired) electrons. The first-order valence-corrected chi connectivity index (χ1v) is 13.1. The fourth-order valence-corrected chi connectivity index (χ4v) is 7.46. The Bertz CT molecular complexity index is 1400. The molecule has 5 amide bonds. The third kappa shape index (κ3) is 3.53. The van der Waals surface area contributed by atoms with Gasteiger partial charge in [0.25, 0.3) is 11.8 Å². The molecule has 0 bridgehead atoms. The van der Waals surface area contributed by atoms with Gasteiger partial charge in [0.15, 0.2) is 21.2 Å². The van der Waals surface area contributed by atoms with E-state index in [9.17, 15) is 29.1 Å². The summed E-state index contributed by atoms with van der Waals surface area (Å²) >= 11 is 14.1. The maximum Gasteiger partial charge on any atom is 0.423 e. The summed E-state index contributed by atoms with van der Waals surface area (Å²) in [7, 11) is 5.11. The Labute approximate surface area is 239 Å². The molecule has 13 heteroatoms. The van der Waals surface area contributed by atoms with Crippen molar-refractivity contribution in [2.45, 2.75) is 22.6 Å². The van der Waals surface area contributed by atoms with Gasteiger partial charge < -0.3 is 19.3 Å². The lowest BCUT2D eigenvalue weighted by Gasteiger charge is -2.49. The van der Waals surface area contributed by atoms with E-state index in [-0.39, 0.29) is 30.1 Å². The van der Waals surface area contributed by atoms with Gasteiger partial charge in [-0.3, -0.25) is 24.1 Å². The number of allylic oxidation sites excluding steroid dienone is 3. The third-order valence-corrected chi connectivity index (χ3v) is 9.84. The SMILES string of the molecule is COC(=O)N1C(=O)[C@H]2[C@H](CC=C3[C@H]2C[C@@]2(Cl)C(=O)N(C)C(=O)[C@@]2(Cl)[C@H]3C=Cc2cc(OC)c(O)c(OC)c2)C1=O. The maximum atomic E-state index is 13.5. The highest BCUT2D eigenvalue weighted by molar-refractivity contribution is 6.53. The molecule has 2 saturated heterocycles. The number of fused-ring (bicyclic) bond motifs is 4. The smallest absolute Gasteiger partial charge is 0.423 e. The average molecular weight is 593 g/mol. The molecule has 1 saturated carbocycles. The van der Waals surface area contributed by atoms with Crippen molar-refractivity contribution in [3.05, 3.63) is 35.4 Å². The molecule has 11 nitrogen and oxygen atoms in total. The molecule has 212 valence electrons. The Morgan fingerprint density at radius 1 is 1.02 bits per heavy atom. The molecule has 0 spiro atoms. The second kappa shape index (κ2) is 9.52. The van der Waals surface area contributed by atoms with E-state index < -0.39 is 63.1 Å². The van der Waals surface area contributed by atoms with E-state index >= 15 is 0 Å². The predicted molar refractivity (Wildman–Crippen MR) is 141 cm³/mol. The van der Waals surface area contributed by atoms with Gasteiger partial charge in [0.05, 0.1) is 33.2 Å². The number of nitrogens with zero attached hydrogens (tertiary/aromatic N) is 2. The van der Waals surface area contributed by atoms with E-state index in [1.165, 1.54) is 33.4 Å². The van der Waals surface area contributed by atoms with Crippen LogP contribution in [0, 0.1) is 23.7 Å². The number of alkyl halides is 2. The number of aromatic hydroxyl groups is 1. The molecule has 1 aromatic carbocycles. The van der Waals surface area contributed by atoms with E-state index in [0.717, 1.165) is 12.0 Å². The Hall–Kier alpha value is -3.57. The van der Waals surface area contributed by atoms with Crippen LogP contribution >= 0.6 is 23.2 Å². The monoisotopic (exact) mass is 592 g/mol. The van der Waals surface area contributed by atoms with Gasteiger partial charge in [-0.25, -0.2) is 4.79 Å². The summed E-state index contributed by atoms with van der Waals surface area (Å²) in [5, 5.41) is 10.3. The highest BCUT2D eigenvalue weighted by Gasteiger charge is 2.75. The van der Waals surface area contributed by atoms with Gasteiger partial charge in [-0.1, -0.05) is 23.8 Å². The summed E-state index contributed by atoms with van der Waals surface area (Å²) in [6, 6.07) is 3.08. The highest BCUT2D eigenvalue weighted by Crippen LogP contribution is 2.63. The molecule has 1 aromatic rings. The lowest BCUT2D eigenvalue weighted by Crippen LogP contribution is -2.60. The number of hydrogen-bond donors (Lipinski definition) is 1. The lowest BCUT2D eigenvalue weighted by atomic mass is 9.57. The summed E-state index contributed by atoms with van der Waals surface area (Å²) in [6.45, 7) is 0. The molecule has 0 unspecified atom stereocenters. The summed E-state index contributed by atoms with van der Waals surface area (Å²) < 4.78 is 15.1. The molecule has 40 heavy (non-hydrogen) atoms. The zero-order valence-corrected chi connectivity index (χ0v) is 23.5. The van der Waals surface area contributed by atoms with Crippen molar-refractivity contribution in [2.24, 2.45) is 23.7 Å². The summed E-state index contributed by atoms with van der Waals surface area (Å²) in [4.78, 5) is 63.1. The van der Waals surface area contributed by atoms with Crippen molar-refractivity contribution >= 4 is 59.0 Å². The highest BCUT2D eigenvalue weighted by atomic mass is 35.5. The molecule has 2 aliphatic heterocycles. The van der Waals surface area contributed by atoms with Gasteiger partial charge in [-0.15, -0.1) is 23.2 Å². The van der Waals surface area contributed by atoms with Crippen LogP contribution in [0.3, 0.4) is 0 Å². The molecule has 1 N–H and O–H groups in total. The van der Waals surface area contributed by atoms with Crippen molar-refractivity contribution in [3.8, 4) is 17.2 Å². The zero-order chi connectivity index (χ0) is 29.3. The first-order chi connectivity index (χ1) is 18.9. The fraction of sp³-hybridized carbons (Fsp3) is 0.444. The number of amides is 5. The molecule has 4 aliphatic rings. The Balaban J connectivity index is 1.65. The zero-order valence-electron chi connectivity index (χ0n) is 22.0. The van der Waals surface area contributed by atoms with Crippen LogP contribution in [0.5, 0.6) is 17.2 Å². The van der Waals surface area contributed by atoms with Gasteiger partial charge in [-0.05, 0) is 36.5 Å². The van der Waals surface area contributed by atoms with Crippen molar-refractivity contribution < 1.29 is 43.3 Å². The van der Waals surface area contributed by atoms with E-state index in [1.807, 2.05) is 0 Å². The number of halogens is 2. The third-order valence-electron chi connectivity index (χ3n) is 8.41. The summed E-state index contributed by atoms with van der Waals surface area (Å²) in [6.07, 6.45) is 3.79. The minimum atomic E-state index is -1.94. The molecule has 0 aromatic heterocycles. The molecule has 5 rings (SSSR count).